The number of nitrogens with zero attached hydrogens (tertiary/aromatic N) is 1. The van der Waals surface area contributed by atoms with E-state index < -0.39 is 23.5 Å². The minimum atomic E-state index is -0.757. The summed E-state index contributed by atoms with van der Waals surface area (Å²) in [5, 5.41) is 10.7. The first kappa shape index (κ1) is 24.2. The number of aliphatic hydroxyl groups excluding tert-OH is 1. The molecule has 0 aromatic rings. The fourth-order valence-corrected chi connectivity index (χ4v) is 3.64. The summed E-state index contributed by atoms with van der Waals surface area (Å²) in [6.07, 6.45) is 11.0. The van der Waals surface area contributed by atoms with Gasteiger partial charge in [-0.15, -0.1) is 0 Å². The topological polar surface area (TPSA) is 59.0 Å². The number of hydrogen-bond donors (Lipinski definition) is 1. The van der Waals surface area contributed by atoms with Crippen molar-refractivity contribution in [2.24, 2.45) is 0 Å². The molecule has 1 rings (SSSR count). The molecule has 1 heterocycles. The van der Waals surface area contributed by atoms with Gasteiger partial charge in [0.25, 0.3) is 0 Å². The van der Waals surface area contributed by atoms with Crippen LogP contribution in [0.2, 0.25) is 0 Å². The second-order valence-corrected chi connectivity index (χ2v) is 9.36. The Balaban J connectivity index is 2.37. The van der Waals surface area contributed by atoms with Crippen LogP contribution in [0.25, 0.3) is 0 Å². The molecule has 0 aromatic heterocycles. The van der Waals surface area contributed by atoms with Gasteiger partial charge >= 0.3 is 6.09 Å². The molecule has 5 nitrogen and oxygen atoms in total. The number of rotatable bonds is 11. The molecule has 2 atom stereocenters. The molecule has 0 aliphatic carbocycles. The van der Waals surface area contributed by atoms with E-state index in [0.717, 1.165) is 12.8 Å². The minimum absolute atomic E-state index is 0.344. The Hall–Kier alpha value is -0.810. The molecule has 1 saturated heterocycles. The fraction of sp³-hybridized carbons (Fsp3) is 0.955. The SMILES string of the molecule is CCCCCCCCCCCC(O)[C@@H]1COC(C)(C)N1C(=O)OC(C)(C)C. The van der Waals surface area contributed by atoms with E-state index in [2.05, 4.69) is 6.92 Å². The van der Waals surface area contributed by atoms with Gasteiger partial charge in [0.1, 0.15) is 11.3 Å². The first-order valence-electron chi connectivity index (χ1n) is 10.9. The Kier molecular flexibility index (Phi) is 10.1. The van der Waals surface area contributed by atoms with Crippen molar-refractivity contribution in [2.75, 3.05) is 6.61 Å². The first-order chi connectivity index (χ1) is 12.6. The van der Waals surface area contributed by atoms with Gasteiger partial charge in [0.2, 0.25) is 0 Å². The molecular formula is C22H43NO4. The summed E-state index contributed by atoms with van der Waals surface area (Å²) >= 11 is 0. The van der Waals surface area contributed by atoms with Crippen LogP contribution in [-0.4, -0.2) is 46.2 Å². The minimum Gasteiger partial charge on any atom is -0.444 e. The van der Waals surface area contributed by atoms with Crippen molar-refractivity contribution in [1.29, 1.82) is 0 Å². The summed E-state index contributed by atoms with van der Waals surface area (Å²) in [6.45, 7) is 11.8. The third-order valence-electron chi connectivity index (χ3n) is 5.16. The van der Waals surface area contributed by atoms with Crippen molar-refractivity contribution in [3.63, 3.8) is 0 Å². The standard InChI is InChI=1S/C22H43NO4/c1-7-8-9-10-11-12-13-14-15-16-19(24)18-17-26-22(5,6)23(18)20(25)27-21(2,3)4/h18-19,24H,7-17H2,1-6H3/t18-,19?/m0/s1. The molecule has 0 aromatic carbocycles. The fourth-order valence-electron chi connectivity index (χ4n) is 3.64. The average molecular weight is 386 g/mol. The van der Waals surface area contributed by atoms with E-state index in [0.29, 0.717) is 13.0 Å². The van der Waals surface area contributed by atoms with E-state index >= 15 is 0 Å². The van der Waals surface area contributed by atoms with Crippen molar-refractivity contribution in [3.8, 4) is 0 Å². The Morgan fingerprint density at radius 3 is 2.15 bits per heavy atom. The maximum absolute atomic E-state index is 12.6. The third-order valence-corrected chi connectivity index (χ3v) is 5.16. The van der Waals surface area contributed by atoms with Gasteiger partial charge in [0.15, 0.2) is 0 Å². The van der Waals surface area contributed by atoms with Gasteiger partial charge in [-0.25, -0.2) is 4.79 Å². The van der Waals surface area contributed by atoms with Gasteiger partial charge in [-0.3, -0.25) is 4.90 Å². The molecule has 0 saturated carbocycles. The van der Waals surface area contributed by atoms with Crippen LogP contribution >= 0.6 is 0 Å². The highest BCUT2D eigenvalue weighted by Crippen LogP contribution is 2.32. The predicted octanol–water partition coefficient (Wildman–Crippen LogP) is 5.64. The molecule has 1 unspecified atom stereocenters. The average Bonchev–Trinajstić information content (AvgIpc) is 2.87. The lowest BCUT2D eigenvalue weighted by Crippen LogP contribution is -2.53. The summed E-state index contributed by atoms with van der Waals surface area (Å²) < 4.78 is 11.3. The summed E-state index contributed by atoms with van der Waals surface area (Å²) in [5.41, 5.74) is -1.32. The molecule has 0 bridgehead atoms. The molecule has 0 spiro atoms. The Morgan fingerprint density at radius 2 is 1.63 bits per heavy atom. The summed E-state index contributed by atoms with van der Waals surface area (Å²) in [5.74, 6) is 0. The van der Waals surface area contributed by atoms with E-state index in [9.17, 15) is 9.90 Å². The lowest BCUT2D eigenvalue weighted by Gasteiger charge is -2.36. The van der Waals surface area contributed by atoms with E-state index in [1.54, 1.807) is 4.90 Å². The third kappa shape index (κ3) is 8.82. The molecule has 160 valence electrons. The van der Waals surface area contributed by atoms with Crippen LogP contribution in [0.4, 0.5) is 4.79 Å². The normalized spacial score (nSPS) is 20.7. The zero-order valence-electron chi connectivity index (χ0n) is 18.6. The molecule has 0 radical (unpaired) electrons. The van der Waals surface area contributed by atoms with E-state index in [1.165, 1.54) is 44.9 Å². The number of carbonyl (C=O) groups excluding carboxylic acids is 1. The van der Waals surface area contributed by atoms with Gasteiger partial charge in [0.05, 0.1) is 18.8 Å². The van der Waals surface area contributed by atoms with E-state index in [-0.39, 0.29) is 6.04 Å². The molecular weight excluding hydrogens is 342 g/mol. The second-order valence-electron chi connectivity index (χ2n) is 9.36. The van der Waals surface area contributed by atoms with Gasteiger partial charge in [-0.1, -0.05) is 64.7 Å². The highest BCUT2D eigenvalue weighted by Gasteiger charge is 2.48. The van der Waals surface area contributed by atoms with Crippen molar-refractivity contribution in [1.82, 2.24) is 4.90 Å². The zero-order valence-corrected chi connectivity index (χ0v) is 18.6. The molecule has 1 amide bonds. The van der Waals surface area contributed by atoms with Crippen LogP contribution in [0.15, 0.2) is 0 Å². The number of hydrogen-bond acceptors (Lipinski definition) is 4. The smallest absolute Gasteiger partial charge is 0.412 e. The maximum Gasteiger partial charge on any atom is 0.412 e. The number of amides is 1. The Labute approximate surface area is 166 Å². The highest BCUT2D eigenvalue weighted by atomic mass is 16.6. The quantitative estimate of drug-likeness (QED) is 0.468. The van der Waals surface area contributed by atoms with Crippen LogP contribution < -0.4 is 0 Å². The van der Waals surface area contributed by atoms with E-state index in [1.807, 2.05) is 34.6 Å². The van der Waals surface area contributed by atoms with Crippen molar-refractivity contribution < 1.29 is 19.4 Å². The molecule has 1 aliphatic rings. The van der Waals surface area contributed by atoms with Crippen LogP contribution in [0.5, 0.6) is 0 Å². The predicted molar refractivity (Wildman–Crippen MR) is 110 cm³/mol. The number of carbonyl (C=O) groups is 1. The molecule has 27 heavy (non-hydrogen) atoms. The van der Waals surface area contributed by atoms with Crippen molar-refractivity contribution in [3.05, 3.63) is 0 Å². The van der Waals surface area contributed by atoms with Gasteiger partial charge in [-0.05, 0) is 41.0 Å². The number of aliphatic hydroxyl groups is 1. The van der Waals surface area contributed by atoms with Crippen LogP contribution in [0.3, 0.4) is 0 Å². The summed E-state index contributed by atoms with van der Waals surface area (Å²) in [4.78, 5) is 14.2. The van der Waals surface area contributed by atoms with Gasteiger partial charge < -0.3 is 14.6 Å². The lowest BCUT2D eigenvalue weighted by molar-refractivity contribution is -0.0681. The molecule has 1 fully saturated rings. The van der Waals surface area contributed by atoms with Gasteiger partial charge in [0, 0.05) is 0 Å². The largest absolute Gasteiger partial charge is 0.444 e. The first-order valence-corrected chi connectivity index (χ1v) is 10.9. The molecule has 1 N–H and O–H groups in total. The van der Waals surface area contributed by atoms with Crippen LogP contribution in [-0.2, 0) is 9.47 Å². The monoisotopic (exact) mass is 385 g/mol. The van der Waals surface area contributed by atoms with Crippen molar-refractivity contribution in [2.45, 2.75) is 129 Å². The summed E-state index contributed by atoms with van der Waals surface area (Å²) in [6, 6.07) is -0.344. The number of unbranched alkanes of at least 4 members (excludes halogenated alkanes) is 8. The summed E-state index contributed by atoms with van der Waals surface area (Å²) in [7, 11) is 0. The molecule has 5 heteroatoms. The zero-order chi connectivity index (χ0) is 20.5. The van der Waals surface area contributed by atoms with Gasteiger partial charge in [-0.2, -0.15) is 0 Å². The number of ether oxygens (including phenoxy) is 2. The van der Waals surface area contributed by atoms with Crippen molar-refractivity contribution >= 4 is 6.09 Å². The Morgan fingerprint density at radius 1 is 1.11 bits per heavy atom. The van der Waals surface area contributed by atoms with Crippen LogP contribution in [0, 0.1) is 0 Å². The van der Waals surface area contributed by atoms with Crippen LogP contribution in [0.1, 0.15) is 106 Å². The lowest BCUT2D eigenvalue weighted by atomic mass is 10.0. The molecule has 1 aliphatic heterocycles. The Bertz CT molecular complexity index is 431. The van der Waals surface area contributed by atoms with E-state index in [4.69, 9.17) is 9.47 Å². The second kappa shape index (κ2) is 11.3. The highest BCUT2D eigenvalue weighted by molar-refractivity contribution is 5.69. The maximum atomic E-state index is 12.6.